The van der Waals surface area contributed by atoms with Gasteiger partial charge in [-0.15, -0.1) is 0 Å². The fraction of sp³-hybridized carbons (Fsp3) is 0.300. The molecule has 1 aliphatic rings. The number of aromatic nitrogens is 3. The standard InChI is InChI=1S/C30H32BrN5O3/c1-20(2)30(37)33-24-8-6-21(7-9-24)29-34-27(28(35-29)23-10-11-32-26(31)19-23)22-4-3-5-25(18-22)39-17-14-36-12-15-38-16-13-36/h3-11,18-20H,12-17H2,1-2H3,(H,33,37)(H,34,35). The number of halogens is 1. The van der Waals surface area contributed by atoms with Gasteiger partial charge in [0, 0.05) is 54.1 Å². The Hall–Kier alpha value is -3.53. The number of rotatable bonds is 9. The van der Waals surface area contributed by atoms with Crippen LogP contribution in [0.2, 0.25) is 0 Å². The lowest BCUT2D eigenvalue weighted by atomic mass is 10.1. The lowest BCUT2D eigenvalue weighted by Gasteiger charge is -2.26. The second-order valence-electron chi connectivity index (χ2n) is 9.73. The Morgan fingerprint density at radius 1 is 1.08 bits per heavy atom. The lowest BCUT2D eigenvalue weighted by Crippen LogP contribution is -2.38. The van der Waals surface area contributed by atoms with Crippen LogP contribution >= 0.6 is 15.9 Å². The van der Waals surface area contributed by atoms with Crippen LogP contribution in [0, 0.1) is 5.92 Å². The highest BCUT2D eigenvalue weighted by atomic mass is 79.9. The summed E-state index contributed by atoms with van der Waals surface area (Å²) in [5.41, 5.74) is 5.28. The maximum atomic E-state index is 12.1. The molecular weight excluding hydrogens is 558 g/mol. The van der Waals surface area contributed by atoms with Crippen LogP contribution in [-0.2, 0) is 9.53 Å². The van der Waals surface area contributed by atoms with Crippen LogP contribution < -0.4 is 10.1 Å². The number of hydrogen-bond donors (Lipinski definition) is 2. The number of benzene rings is 2. The molecule has 8 nitrogen and oxygen atoms in total. The Bertz CT molecular complexity index is 1410. The molecule has 0 bridgehead atoms. The molecular formula is C30H32BrN5O3. The van der Waals surface area contributed by atoms with E-state index in [2.05, 4.69) is 36.1 Å². The van der Waals surface area contributed by atoms with Gasteiger partial charge in [-0.25, -0.2) is 9.97 Å². The van der Waals surface area contributed by atoms with E-state index in [-0.39, 0.29) is 11.8 Å². The molecule has 202 valence electrons. The van der Waals surface area contributed by atoms with Crippen molar-refractivity contribution in [2.45, 2.75) is 13.8 Å². The molecule has 1 amide bonds. The van der Waals surface area contributed by atoms with E-state index >= 15 is 0 Å². The van der Waals surface area contributed by atoms with E-state index in [1.165, 1.54) is 0 Å². The molecule has 2 aromatic carbocycles. The highest BCUT2D eigenvalue weighted by molar-refractivity contribution is 9.10. The molecule has 39 heavy (non-hydrogen) atoms. The molecule has 2 aromatic heterocycles. The summed E-state index contributed by atoms with van der Waals surface area (Å²) in [5.74, 6) is 1.44. The molecule has 1 fully saturated rings. The number of nitrogens with zero attached hydrogens (tertiary/aromatic N) is 3. The van der Waals surface area contributed by atoms with Gasteiger partial charge in [0.25, 0.3) is 0 Å². The summed E-state index contributed by atoms with van der Waals surface area (Å²) >= 11 is 3.49. The number of imidazole rings is 1. The topological polar surface area (TPSA) is 92.4 Å². The van der Waals surface area contributed by atoms with Crippen LogP contribution in [0.1, 0.15) is 13.8 Å². The highest BCUT2D eigenvalue weighted by Gasteiger charge is 2.17. The smallest absolute Gasteiger partial charge is 0.226 e. The van der Waals surface area contributed by atoms with Crippen LogP contribution in [0.3, 0.4) is 0 Å². The van der Waals surface area contributed by atoms with Crippen molar-refractivity contribution in [1.29, 1.82) is 0 Å². The Morgan fingerprint density at radius 3 is 2.62 bits per heavy atom. The number of hydrogen-bond acceptors (Lipinski definition) is 6. The predicted molar refractivity (Wildman–Crippen MR) is 157 cm³/mol. The summed E-state index contributed by atoms with van der Waals surface area (Å²) in [7, 11) is 0. The van der Waals surface area contributed by atoms with Crippen LogP contribution in [0.25, 0.3) is 33.9 Å². The maximum absolute atomic E-state index is 12.1. The fourth-order valence-electron chi connectivity index (χ4n) is 4.33. The summed E-state index contributed by atoms with van der Waals surface area (Å²) in [6, 6.07) is 19.7. The van der Waals surface area contributed by atoms with Gasteiger partial charge in [-0.1, -0.05) is 26.0 Å². The third-order valence-corrected chi connectivity index (χ3v) is 6.99. The van der Waals surface area contributed by atoms with E-state index in [1.807, 2.05) is 74.5 Å². The number of ether oxygens (including phenoxy) is 2. The largest absolute Gasteiger partial charge is 0.492 e. The number of anilines is 1. The molecule has 0 atom stereocenters. The van der Waals surface area contributed by atoms with Crippen molar-refractivity contribution in [3.05, 3.63) is 71.5 Å². The molecule has 1 saturated heterocycles. The third-order valence-electron chi connectivity index (χ3n) is 6.56. The number of nitrogens with one attached hydrogen (secondary N) is 2. The number of carbonyl (C=O) groups is 1. The summed E-state index contributed by atoms with van der Waals surface area (Å²) in [6.07, 6.45) is 1.76. The number of morpholine rings is 1. The lowest BCUT2D eigenvalue weighted by molar-refractivity contribution is -0.118. The minimum Gasteiger partial charge on any atom is -0.492 e. The highest BCUT2D eigenvalue weighted by Crippen LogP contribution is 2.35. The molecule has 4 aromatic rings. The van der Waals surface area contributed by atoms with Gasteiger partial charge in [-0.05, 0) is 64.5 Å². The van der Waals surface area contributed by atoms with Crippen LogP contribution in [0.15, 0.2) is 71.5 Å². The second-order valence-corrected chi connectivity index (χ2v) is 10.5. The SMILES string of the molecule is CC(C)C(=O)Nc1ccc(-c2nc(-c3cccc(OCCN4CCOCC4)c3)c(-c3ccnc(Br)c3)[nH]2)cc1. The van der Waals surface area contributed by atoms with Crippen molar-refractivity contribution in [2.24, 2.45) is 5.92 Å². The zero-order valence-electron chi connectivity index (χ0n) is 22.1. The van der Waals surface area contributed by atoms with Gasteiger partial charge in [0.15, 0.2) is 0 Å². The summed E-state index contributed by atoms with van der Waals surface area (Å²) in [5, 5.41) is 2.93. The number of amides is 1. The van der Waals surface area contributed by atoms with E-state index in [4.69, 9.17) is 14.5 Å². The molecule has 1 aliphatic heterocycles. The van der Waals surface area contributed by atoms with E-state index in [1.54, 1.807) is 6.20 Å². The summed E-state index contributed by atoms with van der Waals surface area (Å²) < 4.78 is 12.3. The Labute approximate surface area is 236 Å². The van der Waals surface area contributed by atoms with Gasteiger partial charge in [0.1, 0.15) is 22.8 Å². The van der Waals surface area contributed by atoms with Crippen LogP contribution in [0.4, 0.5) is 5.69 Å². The van der Waals surface area contributed by atoms with Gasteiger partial charge in [-0.3, -0.25) is 9.69 Å². The van der Waals surface area contributed by atoms with Gasteiger partial charge < -0.3 is 19.8 Å². The molecule has 9 heteroatoms. The number of pyridine rings is 1. The summed E-state index contributed by atoms with van der Waals surface area (Å²) in [6.45, 7) is 8.66. The number of carbonyl (C=O) groups excluding carboxylic acids is 1. The van der Waals surface area contributed by atoms with Gasteiger partial charge in [0.2, 0.25) is 5.91 Å². The molecule has 0 aliphatic carbocycles. The first-order chi connectivity index (χ1) is 19.0. The van der Waals surface area contributed by atoms with Gasteiger partial charge >= 0.3 is 0 Å². The Kier molecular flexibility index (Phi) is 8.71. The molecule has 0 spiro atoms. The average molecular weight is 591 g/mol. The number of aromatic amines is 1. The van der Waals surface area contributed by atoms with Gasteiger partial charge in [-0.2, -0.15) is 0 Å². The average Bonchev–Trinajstić information content (AvgIpc) is 3.40. The van der Waals surface area contributed by atoms with Crippen molar-refractivity contribution in [2.75, 3.05) is 44.8 Å². The van der Waals surface area contributed by atoms with Crippen molar-refractivity contribution in [3.8, 4) is 39.7 Å². The maximum Gasteiger partial charge on any atom is 0.226 e. The van der Waals surface area contributed by atoms with Crippen molar-refractivity contribution in [3.63, 3.8) is 0 Å². The molecule has 2 N–H and O–H groups in total. The zero-order chi connectivity index (χ0) is 27.2. The van der Waals surface area contributed by atoms with Crippen molar-refractivity contribution < 1.29 is 14.3 Å². The zero-order valence-corrected chi connectivity index (χ0v) is 23.7. The molecule has 3 heterocycles. The van der Waals surface area contributed by atoms with E-state index in [0.29, 0.717) is 6.61 Å². The molecule has 5 rings (SSSR count). The first-order valence-corrected chi connectivity index (χ1v) is 13.9. The first-order valence-electron chi connectivity index (χ1n) is 13.1. The third kappa shape index (κ3) is 6.92. The van der Waals surface area contributed by atoms with Crippen molar-refractivity contribution in [1.82, 2.24) is 19.9 Å². The molecule has 0 saturated carbocycles. The van der Waals surface area contributed by atoms with E-state index < -0.39 is 0 Å². The Morgan fingerprint density at radius 2 is 1.87 bits per heavy atom. The minimum absolute atomic E-state index is 0.0133. The normalized spacial score (nSPS) is 13.9. The number of H-pyrrole nitrogens is 1. The molecule has 0 unspecified atom stereocenters. The Balaban J connectivity index is 1.41. The fourth-order valence-corrected chi connectivity index (χ4v) is 4.70. The summed E-state index contributed by atoms with van der Waals surface area (Å²) in [4.78, 5) is 27.2. The van der Waals surface area contributed by atoms with Crippen molar-refractivity contribution >= 4 is 27.5 Å². The predicted octanol–water partition coefficient (Wildman–Crippen LogP) is 5.87. The minimum atomic E-state index is -0.0846. The quantitative estimate of drug-likeness (QED) is 0.237. The van der Waals surface area contributed by atoms with E-state index in [9.17, 15) is 4.79 Å². The monoisotopic (exact) mass is 589 g/mol. The first kappa shape index (κ1) is 27.1. The van der Waals surface area contributed by atoms with E-state index in [0.717, 1.165) is 82.8 Å². The van der Waals surface area contributed by atoms with Crippen LogP contribution in [0.5, 0.6) is 5.75 Å². The van der Waals surface area contributed by atoms with Crippen LogP contribution in [-0.4, -0.2) is 65.2 Å². The van der Waals surface area contributed by atoms with Gasteiger partial charge in [0.05, 0.1) is 24.6 Å². The second kappa shape index (κ2) is 12.5. The molecule has 0 radical (unpaired) electrons.